The average molecular weight is 264 g/mol. The van der Waals surface area contributed by atoms with Crippen LogP contribution in [-0.2, 0) is 9.59 Å². The molecule has 5 nitrogen and oxygen atoms in total. The highest BCUT2D eigenvalue weighted by atomic mass is 16.4. The molecule has 1 amide bonds. The van der Waals surface area contributed by atoms with Gasteiger partial charge in [0.2, 0.25) is 5.91 Å². The SMILES string of the molecule is CN(CCC(=O)O)C(=O)C(c1ccccc1)N(C)C. The van der Waals surface area contributed by atoms with Gasteiger partial charge in [0.15, 0.2) is 0 Å². The summed E-state index contributed by atoms with van der Waals surface area (Å²) in [5.41, 5.74) is 0.902. The quantitative estimate of drug-likeness (QED) is 0.839. The smallest absolute Gasteiger partial charge is 0.305 e. The Balaban J connectivity index is 2.82. The summed E-state index contributed by atoms with van der Waals surface area (Å²) in [6, 6.07) is 9.07. The van der Waals surface area contributed by atoms with Crippen molar-refractivity contribution in [2.75, 3.05) is 27.7 Å². The number of likely N-dealkylation sites (N-methyl/N-ethyl adjacent to an activating group) is 2. The minimum absolute atomic E-state index is 0.0445. The molecule has 104 valence electrons. The Morgan fingerprint density at radius 2 is 1.74 bits per heavy atom. The van der Waals surface area contributed by atoms with Crippen LogP contribution < -0.4 is 0 Å². The molecule has 0 saturated heterocycles. The predicted molar refractivity (Wildman–Crippen MR) is 72.8 cm³/mol. The molecule has 1 atom stereocenters. The summed E-state index contributed by atoms with van der Waals surface area (Å²) in [5.74, 6) is -1.00. The number of carboxylic acids is 1. The van der Waals surface area contributed by atoms with Crippen LogP contribution in [0.4, 0.5) is 0 Å². The van der Waals surface area contributed by atoms with Crippen molar-refractivity contribution < 1.29 is 14.7 Å². The highest BCUT2D eigenvalue weighted by molar-refractivity contribution is 5.83. The van der Waals surface area contributed by atoms with Gasteiger partial charge in [-0.05, 0) is 19.7 Å². The summed E-state index contributed by atoms with van der Waals surface area (Å²) in [7, 11) is 5.30. The van der Waals surface area contributed by atoms with E-state index in [1.54, 1.807) is 7.05 Å². The maximum atomic E-state index is 12.4. The number of benzene rings is 1. The summed E-state index contributed by atoms with van der Waals surface area (Å²) in [6.45, 7) is 0.214. The Hall–Kier alpha value is -1.88. The van der Waals surface area contributed by atoms with E-state index >= 15 is 0 Å². The van der Waals surface area contributed by atoms with Crippen molar-refractivity contribution in [2.24, 2.45) is 0 Å². The molecule has 1 N–H and O–H groups in total. The molecule has 1 rings (SSSR count). The van der Waals surface area contributed by atoms with Crippen molar-refractivity contribution in [3.8, 4) is 0 Å². The van der Waals surface area contributed by atoms with E-state index in [4.69, 9.17) is 5.11 Å². The fraction of sp³-hybridized carbons (Fsp3) is 0.429. The molecule has 19 heavy (non-hydrogen) atoms. The van der Waals surface area contributed by atoms with E-state index in [0.29, 0.717) is 0 Å². The third-order valence-corrected chi connectivity index (χ3v) is 2.90. The zero-order valence-electron chi connectivity index (χ0n) is 11.5. The van der Waals surface area contributed by atoms with E-state index < -0.39 is 5.97 Å². The van der Waals surface area contributed by atoms with E-state index in [9.17, 15) is 9.59 Å². The summed E-state index contributed by atoms with van der Waals surface area (Å²) in [4.78, 5) is 26.2. The first-order valence-electron chi connectivity index (χ1n) is 6.11. The van der Waals surface area contributed by atoms with Crippen LogP contribution in [0.3, 0.4) is 0 Å². The predicted octanol–water partition coefficient (Wildman–Crippen LogP) is 1.22. The van der Waals surface area contributed by atoms with Crippen LogP contribution >= 0.6 is 0 Å². The van der Waals surface area contributed by atoms with E-state index in [1.807, 2.05) is 49.3 Å². The second-order valence-electron chi connectivity index (χ2n) is 4.68. The van der Waals surface area contributed by atoms with Crippen molar-refractivity contribution >= 4 is 11.9 Å². The van der Waals surface area contributed by atoms with Crippen LogP contribution in [0, 0.1) is 0 Å². The number of amides is 1. The molecule has 0 spiro atoms. The number of carbonyl (C=O) groups excluding carboxylic acids is 1. The van der Waals surface area contributed by atoms with Crippen LogP contribution in [-0.4, -0.2) is 54.5 Å². The maximum absolute atomic E-state index is 12.4. The van der Waals surface area contributed by atoms with Crippen molar-refractivity contribution in [3.05, 3.63) is 35.9 Å². The first-order chi connectivity index (χ1) is 8.93. The van der Waals surface area contributed by atoms with Gasteiger partial charge in [0.1, 0.15) is 6.04 Å². The molecule has 0 heterocycles. The molecule has 0 radical (unpaired) electrons. The van der Waals surface area contributed by atoms with Crippen LogP contribution in [0.1, 0.15) is 18.0 Å². The number of carboxylic acid groups (broad SMARTS) is 1. The molecule has 1 unspecified atom stereocenters. The minimum atomic E-state index is -0.902. The second-order valence-corrected chi connectivity index (χ2v) is 4.68. The van der Waals surface area contributed by atoms with Crippen molar-refractivity contribution in [1.29, 1.82) is 0 Å². The van der Waals surface area contributed by atoms with Gasteiger partial charge in [-0.15, -0.1) is 0 Å². The highest BCUT2D eigenvalue weighted by Crippen LogP contribution is 2.20. The Kier molecular flexibility index (Phi) is 5.51. The number of hydrogen-bond acceptors (Lipinski definition) is 3. The number of nitrogens with zero attached hydrogens (tertiary/aromatic N) is 2. The fourth-order valence-electron chi connectivity index (χ4n) is 1.88. The molecule has 0 aromatic heterocycles. The highest BCUT2D eigenvalue weighted by Gasteiger charge is 2.25. The summed E-state index contributed by atoms with van der Waals surface area (Å²) < 4.78 is 0. The van der Waals surface area contributed by atoms with Crippen LogP contribution in [0.2, 0.25) is 0 Å². The number of rotatable bonds is 6. The minimum Gasteiger partial charge on any atom is -0.481 e. The molecule has 0 bridgehead atoms. The molecular weight excluding hydrogens is 244 g/mol. The molecule has 0 saturated carbocycles. The van der Waals surface area contributed by atoms with Crippen molar-refractivity contribution in [1.82, 2.24) is 9.80 Å². The van der Waals surface area contributed by atoms with Gasteiger partial charge < -0.3 is 10.0 Å². The molecule has 1 aromatic carbocycles. The normalized spacial score (nSPS) is 12.2. The van der Waals surface area contributed by atoms with Crippen LogP contribution in [0.5, 0.6) is 0 Å². The van der Waals surface area contributed by atoms with Crippen LogP contribution in [0.15, 0.2) is 30.3 Å². The Morgan fingerprint density at radius 1 is 1.16 bits per heavy atom. The van der Waals surface area contributed by atoms with Crippen molar-refractivity contribution in [2.45, 2.75) is 12.5 Å². The molecule has 0 aliphatic heterocycles. The van der Waals surface area contributed by atoms with Crippen LogP contribution in [0.25, 0.3) is 0 Å². The van der Waals surface area contributed by atoms with Gasteiger partial charge in [0.05, 0.1) is 6.42 Å². The summed E-state index contributed by atoms with van der Waals surface area (Å²) >= 11 is 0. The van der Waals surface area contributed by atoms with Gasteiger partial charge in [-0.1, -0.05) is 30.3 Å². The zero-order chi connectivity index (χ0) is 14.4. The van der Waals surface area contributed by atoms with Crippen molar-refractivity contribution in [3.63, 3.8) is 0 Å². The number of aliphatic carboxylic acids is 1. The van der Waals surface area contributed by atoms with E-state index in [2.05, 4.69) is 0 Å². The van der Waals surface area contributed by atoms with Gasteiger partial charge in [0, 0.05) is 13.6 Å². The molecule has 5 heteroatoms. The van der Waals surface area contributed by atoms with E-state index in [1.165, 1.54) is 4.90 Å². The third kappa shape index (κ3) is 4.37. The largest absolute Gasteiger partial charge is 0.481 e. The molecule has 0 fully saturated rings. The topological polar surface area (TPSA) is 60.9 Å². The fourth-order valence-corrected chi connectivity index (χ4v) is 1.88. The molecule has 0 aliphatic rings. The van der Waals surface area contributed by atoms with E-state index in [-0.39, 0.29) is 24.9 Å². The van der Waals surface area contributed by atoms with Gasteiger partial charge in [-0.2, -0.15) is 0 Å². The average Bonchev–Trinajstić information content (AvgIpc) is 2.36. The molecule has 0 aliphatic carbocycles. The molecular formula is C14H20N2O3. The Labute approximate surface area is 113 Å². The molecule has 1 aromatic rings. The summed E-state index contributed by atoms with van der Waals surface area (Å²) in [6.07, 6.45) is -0.0445. The Morgan fingerprint density at radius 3 is 2.21 bits per heavy atom. The lowest BCUT2D eigenvalue weighted by Gasteiger charge is -2.28. The van der Waals surface area contributed by atoms with E-state index in [0.717, 1.165) is 5.56 Å². The van der Waals surface area contributed by atoms with Gasteiger partial charge in [-0.3, -0.25) is 14.5 Å². The van der Waals surface area contributed by atoms with Gasteiger partial charge >= 0.3 is 5.97 Å². The second kappa shape index (κ2) is 6.89. The first kappa shape index (κ1) is 15.2. The third-order valence-electron chi connectivity index (χ3n) is 2.90. The maximum Gasteiger partial charge on any atom is 0.305 e. The first-order valence-corrected chi connectivity index (χ1v) is 6.11. The number of carbonyl (C=O) groups is 2. The Bertz CT molecular complexity index is 432. The monoisotopic (exact) mass is 264 g/mol. The van der Waals surface area contributed by atoms with Gasteiger partial charge in [0.25, 0.3) is 0 Å². The standard InChI is InChI=1S/C14H20N2O3/c1-15(2)13(11-7-5-4-6-8-11)14(19)16(3)10-9-12(17)18/h4-8,13H,9-10H2,1-3H3,(H,17,18). The lowest BCUT2D eigenvalue weighted by molar-refractivity contribution is -0.139. The van der Waals surface area contributed by atoms with Gasteiger partial charge in [-0.25, -0.2) is 0 Å². The lowest BCUT2D eigenvalue weighted by Crippen LogP contribution is -2.39. The summed E-state index contributed by atoms with van der Waals surface area (Å²) in [5, 5.41) is 8.66. The lowest BCUT2D eigenvalue weighted by atomic mass is 10.0. The zero-order valence-corrected chi connectivity index (χ0v) is 11.5. The number of hydrogen-bond donors (Lipinski definition) is 1.